The van der Waals surface area contributed by atoms with Crippen LogP contribution in [0.3, 0.4) is 0 Å². The van der Waals surface area contributed by atoms with Crippen molar-refractivity contribution in [1.82, 2.24) is 10.6 Å². The van der Waals surface area contributed by atoms with E-state index in [9.17, 15) is 4.79 Å². The summed E-state index contributed by atoms with van der Waals surface area (Å²) < 4.78 is 1.07. The van der Waals surface area contributed by atoms with Gasteiger partial charge in [-0.15, -0.1) is 0 Å². The van der Waals surface area contributed by atoms with Crippen molar-refractivity contribution in [3.8, 4) is 0 Å². The fourth-order valence-electron chi connectivity index (χ4n) is 2.21. The monoisotopic (exact) mass is 310 g/mol. The topological polar surface area (TPSA) is 41.1 Å². The number of rotatable bonds is 5. The normalized spacial score (nSPS) is 18.8. The average Bonchev–Trinajstić information content (AvgIpc) is 2.87. The molecule has 4 heteroatoms. The summed E-state index contributed by atoms with van der Waals surface area (Å²) in [6.07, 6.45) is 3.75. The lowest BCUT2D eigenvalue weighted by molar-refractivity contribution is -0.121. The molecule has 2 N–H and O–H groups in total. The molecule has 0 saturated carbocycles. The third-order valence-electron chi connectivity index (χ3n) is 3.24. The summed E-state index contributed by atoms with van der Waals surface area (Å²) in [6.45, 7) is 1.84. The standard InChI is InChI=1S/C14H19BrN2O/c15-12-4-1-3-11(9-12)6-7-14(18)17-10-13-5-2-8-16-13/h1,3-4,9,13,16H,2,5-8,10H2,(H,17,18). The van der Waals surface area contributed by atoms with E-state index in [1.54, 1.807) is 0 Å². The second kappa shape index (κ2) is 6.90. The van der Waals surface area contributed by atoms with Crippen LogP contribution in [0.1, 0.15) is 24.8 Å². The van der Waals surface area contributed by atoms with Gasteiger partial charge in [0.2, 0.25) is 5.91 Å². The van der Waals surface area contributed by atoms with E-state index in [1.165, 1.54) is 18.4 Å². The van der Waals surface area contributed by atoms with Crippen LogP contribution in [0.4, 0.5) is 0 Å². The van der Waals surface area contributed by atoms with Crippen LogP contribution in [-0.2, 0) is 11.2 Å². The van der Waals surface area contributed by atoms with Crippen molar-refractivity contribution in [2.75, 3.05) is 13.1 Å². The molecule has 18 heavy (non-hydrogen) atoms. The predicted molar refractivity (Wildman–Crippen MR) is 76.5 cm³/mol. The maximum atomic E-state index is 11.7. The van der Waals surface area contributed by atoms with E-state index in [-0.39, 0.29) is 5.91 Å². The molecule has 1 aromatic rings. The molecule has 0 aliphatic carbocycles. The lowest BCUT2D eigenvalue weighted by atomic mass is 10.1. The molecule has 1 heterocycles. The van der Waals surface area contributed by atoms with E-state index in [1.807, 2.05) is 12.1 Å². The van der Waals surface area contributed by atoms with Gasteiger partial charge in [-0.25, -0.2) is 0 Å². The zero-order valence-electron chi connectivity index (χ0n) is 10.4. The quantitative estimate of drug-likeness (QED) is 0.876. The second-order valence-electron chi connectivity index (χ2n) is 4.73. The van der Waals surface area contributed by atoms with E-state index < -0.39 is 0 Å². The Morgan fingerprint density at radius 2 is 2.39 bits per heavy atom. The Labute approximate surface area is 116 Å². The summed E-state index contributed by atoms with van der Waals surface area (Å²) in [5, 5.41) is 6.37. The molecule has 0 aromatic heterocycles. The molecule has 1 amide bonds. The van der Waals surface area contributed by atoms with E-state index >= 15 is 0 Å². The van der Waals surface area contributed by atoms with Crippen LogP contribution in [0.5, 0.6) is 0 Å². The van der Waals surface area contributed by atoms with E-state index in [4.69, 9.17) is 0 Å². The SMILES string of the molecule is O=C(CCc1cccc(Br)c1)NCC1CCCN1. The van der Waals surface area contributed by atoms with Crippen molar-refractivity contribution in [3.05, 3.63) is 34.3 Å². The molecule has 1 aromatic carbocycles. The molecular weight excluding hydrogens is 292 g/mol. The number of aryl methyl sites for hydroxylation is 1. The van der Waals surface area contributed by atoms with Gasteiger partial charge < -0.3 is 10.6 Å². The molecule has 1 atom stereocenters. The molecule has 1 fully saturated rings. The molecule has 0 radical (unpaired) electrons. The van der Waals surface area contributed by atoms with Gasteiger partial charge in [0.1, 0.15) is 0 Å². The van der Waals surface area contributed by atoms with Gasteiger partial charge in [0.05, 0.1) is 0 Å². The molecule has 1 aliphatic heterocycles. The largest absolute Gasteiger partial charge is 0.355 e. The number of benzene rings is 1. The zero-order valence-corrected chi connectivity index (χ0v) is 12.0. The summed E-state index contributed by atoms with van der Waals surface area (Å²) in [4.78, 5) is 11.7. The number of carbonyl (C=O) groups is 1. The Morgan fingerprint density at radius 3 is 3.11 bits per heavy atom. The highest BCUT2D eigenvalue weighted by molar-refractivity contribution is 9.10. The molecule has 0 spiro atoms. The van der Waals surface area contributed by atoms with Gasteiger partial charge in [0.15, 0.2) is 0 Å². The summed E-state index contributed by atoms with van der Waals surface area (Å²) in [7, 11) is 0. The first kappa shape index (κ1) is 13.6. The van der Waals surface area contributed by atoms with Crippen molar-refractivity contribution >= 4 is 21.8 Å². The van der Waals surface area contributed by atoms with Crippen LogP contribution in [0.2, 0.25) is 0 Å². The summed E-state index contributed by atoms with van der Waals surface area (Å²) in [6, 6.07) is 8.58. The second-order valence-corrected chi connectivity index (χ2v) is 5.64. The fourth-order valence-corrected chi connectivity index (χ4v) is 2.65. The van der Waals surface area contributed by atoms with Gasteiger partial charge in [0, 0.05) is 23.5 Å². The first-order chi connectivity index (χ1) is 8.74. The third kappa shape index (κ3) is 4.42. The average molecular weight is 311 g/mol. The van der Waals surface area contributed by atoms with E-state index in [0.29, 0.717) is 12.5 Å². The minimum Gasteiger partial charge on any atom is -0.355 e. The fraction of sp³-hybridized carbons (Fsp3) is 0.500. The van der Waals surface area contributed by atoms with Crippen molar-refractivity contribution in [2.24, 2.45) is 0 Å². The minimum atomic E-state index is 0.142. The molecule has 98 valence electrons. The zero-order chi connectivity index (χ0) is 12.8. The van der Waals surface area contributed by atoms with Crippen molar-refractivity contribution in [2.45, 2.75) is 31.7 Å². The van der Waals surface area contributed by atoms with Crippen molar-refractivity contribution in [1.29, 1.82) is 0 Å². The highest BCUT2D eigenvalue weighted by Gasteiger charge is 2.14. The van der Waals surface area contributed by atoms with Crippen LogP contribution < -0.4 is 10.6 Å². The highest BCUT2D eigenvalue weighted by Crippen LogP contribution is 2.13. The van der Waals surface area contributed by atoms with E-state index in [0.717, 1.165) is 24.0 Å². The number of carbonyl (C=O) groups excluding carboxylic acids is 1. The predicted octanol–water partition coefficient (Wildman–Crippen LogP) is 2.25. The first-order valence-electron chi connectivity index (χ1n) is 6.48. The Kier molecular flexibility index (Phi) is 5.20. The third-order valence-corrected chi connectivity index (χ3v) is 3.73. The summed E-state index contributed by atoms with van der Waals surface area (Å²) in [5.74, 6) is 0.142. The lowest BCUT2D eigenvalue weighted by Crippen LogP contribution is -2.37. The number of halogens is 1. The number of hydrogen-bond acceptors (Lipinski definition) is 2. The Hall–Kier alpha value is -0.870. The number of hydrogen-bond donors (Lipinski definition) is 2. The highest BCUT2D eigenvalue weighted by atomic mass is 79.9. The molecule has 2 rings (SSSR count). The Bertz CT molecular complexity index is 403. The van der Waals surface area contributed by atoms with Gasteiger partial charge in [0.25, 0.3) is 0 Å². The molecule has 1 saturated heterocycles. The van der Waals surface area contributed by atoms with Crippen molar-refractivity contribution in [3.63, 3.8) is 0 Å². The molecule has 0 bridgehead atoms. The number of nitrogens with one attached hydrogen (secondary N) is 2. The maximum Gasteiger partial charge on any atom is 0.220 e. The number of amides is 1. The van der Waals surface area contributed by atoms with Crippen LogP contribution in [0.15, 0.2) is 28.7 Å². The van der Waals surface area contributed by atoms with Crippen LogP contribution in [0, 0.1) is 0 Å². The van der Waals surface area contributed by atoms with Gasteiger partial charge in [-0.1, -0.05) is 28.1 Å². The molecule has 3 nitrogen and oxygen atoms in total. The Balaban J connectivity index is 1.68. The Morgan fingerprint density at radius 1 is 1.50 bits per heavy atom. The van der Waals surface area contributed by atoms with Gasteiger partial charge in [-0.05, 0) is 43.5 Å². The van der Waals surface area contributed by atoms with Crippen LogP contribution >= 0.6 is 15.9 Å². The minimum absolute atomic E-state index is 0.142. The van der Waals surface area contributed by atoms with Crippen LogP contribution in [-0.4, -0.2) is 25.0 Å². The molecule has 1 aliphatic rings. The maximum absolute atomic E-state index is 11.7. The van der Waals surface area contributed by atoms with E-state index in [2.05, 4.69) is 38.7 Å². The van der Waals surface area contributed by atoms with Gasteiger partial charge >= 0.3 is 0 Å². The van der Waals surface area contributed by atoms with Gasteiger partial charge in [-0.3, -0.25) is 4.79 Å². The summed E-state index contributed by atoms with van der Waals surface area (Å²) >= 11 is 3.44. The lowest BCUT2D eigenvalue weighted by Gasteiger charge is -2.11. The van der Waals surface area contributed by atoms with Crippen LogP contribution in [0.25, 0.3) is 0 Å². The summed E-state index contributed by atoms with van der Waals surface area (Å²) in [5.41, 5.74) is 1.19. The molecular formula is C14H19BrN2O. The first-order valence-corrected chi connectivity index (χ1v) is 7.28. The smallest absolute Gasteiger partial charge is 0.220 e. The molecule has 1 unspecified atom stereocenters. The van der Waals surface area contributed by atoms with Crippen molar-refractivity contribution < 1.29 is 4.79 Å². The van der Waals surface area contributed by atoms with Gasteiger partial charge in [-0.2, -0.15) is 0 Å².